The predicted molar refractivity (Wildman–Crippen MR) is 127 cm³/mol. The van der Waals surface area contributed by atoms with Crippen molar-refractivity contribution in [2.24, 2.45) is 10.9 Å². The number of hydrogen-bond acceptors (Lipinski definition) is 6. The molecule has 2 atom stereocenters. The summed E-state index contributed by atoms with van der Waals surface area (Å²) in [6.07, 6.45) is 4.50. The molecule has 170 valence electrons. The Morgan fingerprint density at radius 2 is 2.03 bits per heavy atom. The average molecular weight is 465 g/mol. The van der Waals surface area contributed by atoms with Gasteiger partial charge >= 0.3 is 0 Å². The van der Waals surface area contributed by atoms with Crippen molar-refractivity contribution in [1.82, 2.24) is 4.57 Å². The first-order valence-electron chi connectivity index (χ1n) is 11.1. The standard InChI is InChI=1S/C24H24N4O4S/c1-15-6-2-4-8-19(15)27-21(16-10-11-22-18(12-16)25-23(29)13-32-22)14-33-24(27)26-17-7-3-5-9-20(17)28(30)31/h3,5,7,9-12,14-15,19H,2,4,6,8,13H2,1H3,(H,25,29). The van der Waals surface area contributed by atoms with E-state index in [9.17, 15) is 14.9 Å². The van der Waals surface area contributed by atoms with Gasteiger partial charge in [0.25, 0.3) is 11.6 Å². The molecule has 0 saturated heterocycles. The lowest BCUT2D eigenvalue weighted by molar-refractivity contribution is -0.384. The van der Waals surface area contributed by atoms with E-state index in [1.165, 1.54) is 23.8 Å². The second-order valence-corrected chi connectivity index (χ2v) is 9.34. The van der Waals surface area contributed by atoms with Crippen molar-refractivity contribution in [3.05, 3.63) is 62.8 Å². The topological polar surface area (TPSA) is 98.8 Å². The van der Waals surface area contributed by atoms with Crippen molar-refractivity contribution >= 4 is 34.3 Å². The number of carbonyl (C=O) groups is 1. The molecule has 1 aliphatic heterocycles. The van der Waals surface area contributed by atoms with Gasteiger partial charge < -0.3 is 14.6 Å². The number of para-hydroxylation sites is 2. The normalized spacial score (nSPS) is 20.6. The number of nitro groups is 1. The minimum Gasteiger partial charge on any atom is -0.482 e. The highest BCUT2D eigenvalue weighted by atomic mass is 32.1. The summed E-state index contributed by atoms with van der Waals surface area (Å²) in [6.45, 7) is 2.28. The molecule has 33 heavy (non-hydrogen) atoms. The second kappa shape index (κ2) is 8.82. The van der Waals surface area contributed by atoms with Gasteiger partial charge in [0, 0.05) is 23.1 Å². The lowest BCUT2D eigenvalue weighted by Crippen LogP contribution is -2.29. The Hall–Kier alpha value is -3.46. The van der Waals surface area contributed by atoms with Crippen LogP contribution in [-0.4, -0.2) is 22.0 Å². The molecule has 5 rings (SSSR count). The highest BCUT2D eigenvalue weighted by molar-refractivity contribution is 7.07. The average Bonchev–Trinajstić information content (AvgIpc) is 3.22. The minimum atomic E-state index is -0.396. The molecule has 1 saturated carbocycles. The first-order chi connectivity index (χ1) is 16.0. The molecule has 1 aromatic heterocycles. The van der Waals surface area contributed by atoms with E-state index in [2.05, 4.69) is 16.8 Å². The van der Waals surface area contributed by atoms with Crippen LogP contribution in [0.15, 0.2) is 52.8 Å². The maximum Gasteiger partial charge on any atom is 0.294 e. The number of nitrogens with one attached hydrogen (secondary N) is 1. The number of amides is 1. The van der Waals surface area contributed by atoms with Crippen molar-refractivity contribution in [3.63, 3.8) is 0 Å². The summed E-state index contributed by atoms with van der Waals surface area (Å²) in [5.41, 5.74) is 2.91. The van der Waals surface area contributed by atoms with E-state index in [0.717, 1.165) is 35.3 Å². The molecule has 2 aromatic carbocycles. The molecule has 2 unspecified atom stereocenters. The number of nitrogens with zero attached hydrogens (tertiary/aromatic N) is 3. The lowest BCUT2D eigenvalue weighted by Gasteiger charge is -2.31. The Kier molecular flexibility index (Phi) is 5.72. The van der Waals surface area contributed by atoms with Crippen LogP contribution in [0.5, 0.6) is 5.75 Å². The summed E-state index contributed by atoms with van der Waals surface area (Å²) in [5, 5.41) is 16.5. The van der Waals surface area contributed by atoms with Gasteiger partial charge in [-0.05, 0) is 43.0 Å². The van der Waals surface area contributed by atoms with Gasteiger partial charge in [0.15, 0.2) is 11.4 Å². The summed E-state index contributed by atoms with van der Waals surface area (Å²) >= 11 is 1.47. The highest BCUT2D eigenvalue weighted by Gasteiger charge is 2.27. The number of hydrogen-bond donors (Lipinski definition) is 1. The van der Waals surface area contributed by atoms with Crippen LogP contribution in [0.1, 0.15) is 38.6 Å². The second-order valence-electron chi connectivity index (χ2n) is 8.51. The Bertz CT molecular complexity index is 1300. The number of anilines is 1. The van der Waals surface area contributed by atoms with Crippen molar-refractivity contribution in [2.75, 3.05) is 11.9 Å². The Morgan fingerprint density at radius 1 is 1.21 bits per heavy atom. The van der Waals surface area contributed by atoms with Crippen molar-refractivity contribution in [2.45, 2.75) is 38.6 Å². The zero-order valence-corrected chi connectivity index (χ0v) is 19.0. The zero-order chi connectivity index (χ0) is 22.9. The summed E-state index contributed by atoms with van der Waals surface area (Å²) in [6, 6.07) is 12.6. The maximum atomic E-state index is 11.8. The molecule has 9 heteroatoms. The van der Waals surface area contributed by atoms with Crippen LogP contribution in [0.2, 0.25) is 0 Å². The maximum absolute atomic E-state index is 11.8. The lowest BCUT2D eigenvalue weighted by atomic mass is 9.85. The van der Waals surface area contributed by atoms with Crippen LogP contribution in [0, 0.1) is 16.0 Å². The number of fused-ring (bicyclic) bond motifs is 1. The Labute approximate surface area is 194 Å². The molecular formula is C24H24N4O4S. The quantitative estimate of drug-likeness (QED) is 0.411. The third-order valence-electron chi connectivity index (χ3n) is 6.34. The summed E-state index contributed by atoms with van der Waals surface area (Å²) in [5.74, 6) is 0.930. The van der Waals surface area contributed by atoms with E-state index >= 15 is 0 Å². The largest absolute Gasteiger partial charge is 0.482 e. The Balaban J connectivity index is 1.68. The van der Waals surface area contributed by atoms with Crippen molar-refractivity contribution < 1.29 is 14.5 Å². The fourth-order valence-electron chi connectivity index (χ4n) is 4.67. The number of benzene rings is 2. The number of ether oxygens (including phenoxy) is 1. The zero-order valence-electron chi connectivity index (χ0n) is 18.2. The van der Waals surface area contributed by atoms with Gasteiger partial charge in [0.1, 0.15) is 11.4 Å². The first kappa shape index (κ1) is 21.4. The van der Waals surface area contributed by atoms with Gasteiger partial charge in [-0.15, -0.1) is 11.3 Å². The molecule has 8 nitrogen and oxygen atoms in total. The molecule has 1 N–H and O–H groups in total. The molecule has 1 amide bonds. The monoisotopic (exact) mass is 464 g/mol. The minimum absolute atomic E-state index is 0.00988. The SMILES string of the molecule is CC1CCCCC1n1c(-c2ccc3c(c2)NC(=O)CO3)csc1=Nc1ccccc1[N+](=O)[O-]. The van der Waals surface area contributed by atoms with Gasteiger partial charge in [-0.1, -0.05) is 31.9 Å². The number of thiazole rings is 1. The smallest absolute Gasteiger partial charge is 0.294 e. The number of carbonyl (C=O) groups excluding carboxylic acids is 1. The molecular weight excluding hydrogens is 440 g/mol. The predicted octanol–water partition coefficient (Wildman–Crippen LogP) is 5.44. The van der Waals surface area contributed by atoms with Gasteiger partial charge in [0.05, 0.1) is 16.3 Å². The van der Waals surface area contributed by atoms with Gasteiger partial charge in [-0.25, -0.2) is 4.99 Å². The van der Waals surface area contributed by atoms with E-state index in [4.69, 9.17) is 9.73 Å². The van der Waals surface area contributed by atoms with Crippen LogP contribution >= 0.6 is 11.3 Å². The molecule has 3 aromatic rings. The fourth-order valence-corrected chi connectivity index (χ4v) is 5.64. The van der Waals surface area contributed by atoms with E-state index < -0.39 is 4.92 Å². The molecule has 2 heterocycles. The molecule has 0 radical (unpaired) electrons. The van der Waals surface area contributed by atoms with Crippen molar-refractivity contribution in [1.29, 1.82) is 0 Å². The molecule has 0 spiro atoms. The summed E-state index contributed by atoms with van der Waals surface area (Å²) in [4.78, 5) is 28.5. The van der Waals surface area contributed by atoms with Crippen LogP contribution < -0.4 is 14.9 Å². The Morgan fingerprint density at radius 3 is 2.85 bits per heavy atom. The third-order valence-corrected chi connectivity index (χ3v) is 7.18. The van der Waals surface area contributed by atoms with E-state index in [-0.39, 0.29) is 24.2 Å². The van der Waals surface area contributed by atoms with Crippen LogP contribution in [0.4, 0.5) is 17.1 Å². The third kappa shape index (κ3) is 4.16. The molecule has 1 fully saturated rings. The van der Waals surface area contributed by atoms with Gasteiger partial charge in [-0.3, -0.25) is 14.9 Å². The number of rotatable bonds is 4. The van der Waals surface area contributed by atoms with Crippen LogP contribution in [-0.2, 0) is 4.79 Å². The summed E-state index contributed by atoms with van der Waals surface area (Å²) < 4.78 is 7.75. The highest BCUT2D eigenvalue weighted by Crippen LogP contribution is 2.39. The van der Waals surface area contributed by atoms with E-state index in [1.807, 2.05) is 23.6 Å². The molecule has 1 aliphatic carbocycles. The van der Waals surface area contributed by atoms with Crippen LogP contribution in [0.25, 0.3) is 11.3 Å². The first-order valence-corrected chi connectivity index (χ1v) is 11.9. The number of nitro benzene ring substituents is 1. The van der Waals surface area contributed by atoms with Crippen molar-refractivity contribution in [3.8, 4) is 17.0 Å². The summed E-state index contributed by atoms with van der Waals surface area (Å²) in [7, 11) is 0. The molecule has 0 bridgehead atoms. The van der Waals surface area contributed by atoms with E-state index in [0.29, 0.717) is 23.0 Å². The van der Waals surface area contributed by atoms with E-state index in [1.54, 1.807) is 18.2 Å². The number of aromatic nitrogens is 1. The fraction of sp³-hybridized carbons (Fsp3) is 0.333. The van der Waals surface area contributed by atoms with Gasteiger partial charge in [0.2, 0.25) is 0 Å². The van der Waals surface area contributed by atoms with Crippen LogP contribution in [0.3, 0.4) is 0 Å². The molecule has 2 aliphatic rings. The van der Waals surface area contributed by atoms with Gasteiger partial charge in [-0.2, -0.15) is 0 Å².